The number of sulfonamides is 1. The van der Waals surface area contributed by atoms with Gasteiger partial charge in [0.15, 0.2) is 6.61 Å². The highest BCUT2D eigenvalue weighted by Crippen LogP contribution is 2.26. The van der Waals surface area contributed by atoms with Crippen molar-refractivity contribution in [1.29, 1.82) is 0 Å². The molecule has 0 saturated heterocycles. The molecule has 222 valence electrons. The van der Waals surface area contributed by atoms with E-state index in [9.17, 15) is 22.4 Å². The van der Waals surface area contributed by atoms with Crippen LogP contribution < -0.4 is 19.8 Å². The Bertz CT molecular complexity index is 1720. The first-order valence-corrected chi connectivity index (χ1v) is 14.7. The van der Waals surface area contributed by atoms with E-state index in [0.29, 0.717) is 22.7 Å². The highest BCUT2D eigenvalue weighted by molar-refractivity contribution is 7.92. The summed E-state index contributed by atoms with van der Waals surface area (Å²) < 4.78 is 46.7. The molecule has 0 fully saturated rings. The van der Waals surface area contributed by atoms with E-state index in [4.69, 9.17) is 4.74 Å². The van der Waals surface area contributed by atoms with Crippen LogP contribution in [0.25, 0.3) is 0 Å². The zero-order valence-corrected chi connectivity index (χ0v) is 24.7. The molecule has 0 aliphatic heterocycles. The third-order valence-corrected chi connectivity index (χ3v) is 8.24. The number of hydrogen-bond acceptors (Lipinski definition) is 6. The van der Waals surface area contributed by atoms with Crippen molar-refractivity contribution in [3.63, 3.8) is 0 Å². The predicted octanol–water partition coefficient (Wildman–Crippen LogP) is 5.11. The number of carbonyl (C=O) groups is 2. The number of amides is 2. The maximum absolute atomic E-state index is 13.6. The minimum atomic E-state index is -4.05. The summed E-state index contributed by atoms with van der Waals surface area (Å²) in [7, 11) is -4.05. The molecule has 0 radical (unpaired) electrons. The van der Waals surface area contributed by atoms with Crippen LogP contribution in [0.3, 0.4) is 0 Å². The lowest BCUT2D eigenvalue weighted by Crippen LogP contribution is -2.39. The van der Waals surface area contributed by atoms with E-state index in [2.05, 4.69) is 15.8 Å². The van der Waals surface area contributed by atoms with Crippen LogP contribution in [-0.2, 0) is 19.6 Å². The molecule has 0 aromatic heterocycles. The molecule has 2 N–H and O–H groups in total. The van der Waals surface area contributed by atoms with Crippen molar-refractivity contribution in [3.8, 4) is 5.75 Å². The van der Waals surface area contributed by atoms with Gasteiger partial charge in [-0.15, -0.1) is 0 Å². The van der Waals surface area contributed by atoms with E-state index < -0.39 is 34.2 Å². The van der Waals surface area contributed by atoms with E-state index in [1.165, 1.54) is 42.6 Å². The van der Waals surface area contributed by atoms with E-state index >= 15 is 0 Å². The Morgan fingerprint density at radius 1 is 0.860 bits per heavy atom. The average Bonchev–Trinajstić information content (AvgIpc) is 2.98. The third-order valence-electron chi connectivity index (χ3n) is 6.46. The second-order valence-corrected chi connectivity index (χ2v) is 11.7. The summed E-state index contributed by atoms with van der Waals surface area (Å²) >= 11 is 0. The highest BCUT2D eigenvalue weighted by Gasteiger charge is 2.27. The summed E-state index contributed by atoms with van der Waals surface area (Å²) in [5.41, 5.74) is 6.63. The van der Waals surface area contributed by atoms with Crippen molar-refractivity contribution in [2.45, 2.75) is 25.7 Å². The molecule has 0 atom stereocenters. The summed E-state index contributed by atoms with van der Waals surface area (Å²) in [6.45, 7) is 4.93. The number of carbonyl (C=O) groups excluding carboxylic acids is 2. The van der Waals surface area contributed by atoms with E-state index in [1.807, 2.05) is 26.8 Å². The van der Waals surface area contributed by atoms with Crippen molar-refractivity contribution in [3.05, 3.63) is 119 Å². The van der Waals surface area contributed by atoms with Crippen LogP contribution in [0, 0.1) is 26.6 Å². The quantitative estimate of drug-likeness (QED) is 0.183. The molecule has 4 aromatic carbocycles. The van der Waals surface area contributed by atoms with Crippen LogP contribution in [0.5, 0.6) is 5.75 Å². The summed E-state index contributed by atoms with van der Waals surface area (Å²) in [5, 5.41) is 6.57. The third kappa shape index (κ3) is 8.49. The number of rotatable bonds is 11. The van der Waals surface area contributed by atoms with Crippen LogP contribution >= 0.6 is 0 Å². The van der Waals surface area contributed by atoms with Gasteiger partial charge in [0.2, 0.25) is 0 Å². The van der Waals surface area contributed by atoms with Crippen molar-refractivity contribution in [2.75, 3.05) is 22.8 Å². The van der Waals surface area contributed by atoms with Crippen molar-refractivity contribution in [1.82, 2.24) is 5.43 Å². The first-order chi connectivity index (χ1) is 20.5. The number of anilines is 2. The van der Waals surface area contributed by atoms with Crippen LogP contribution in [0.2, 0.25) is 0 Å². The average molecular weight is 603 g/mol. The molecule has 0 aliphatic carbocycles. The minimum absolute atomic E-state index is 0.0721. The first kappa shape index (κ1) is 30.9. The molecule has 11 heteroatoms. The van der Waals surface area contributed by atoms with E-state index in [1.54, 1.807) is 48.5 Å². The normalized spacial score (nSPS) is 11.3. The number of hydrogen-bond donors (Lipinski definition) is 2. The zero-order valence-electron chi connectivity index (χ0n) is 23.9. The van der Waals surface area contributed by atoms with Gasteiger partial charge in [-0.2, -0.15) is 5.10 Å². The molecule has 0 heterocycles. The summed E-state index contributed by atoms with van der Waals surface area (Å²) in [4.78, 5) is 25.0. The lowest BCUT2D eigenvalue weighted by molar-refractivity contribution is -0.119. The number of hydrazone groups is 1. The van der Waals surface area contributed by atoms with Crippen LogP contribution in [0.15, 0.2) is 101 Å². The summed E-state index contributed by atoms with van der Waals surface area (Å²) in [6.07, 6.45) is 1.40. The SMILES string of the molecule is Cc1ccc(S(=O)(=O)N(CC(=O)N/N=C\c2ccc(OCC(=O)Nc3ccc(F)cc3)cc2)c2ccc(C)c(C)c2)cc1. The van der Waals surface area contributed by atoms with Gasteiger partial charge in [0, 0.05) is 5.69 Å². The summed E-state index contributed by atoms with van der Waals surface area (Å²) in [5.74, 6) is -1.000. The molecule has 4 rings (SSSR count). The lowest BCUT2D eigenvalue weighted by Gasteiger charge is -2.24. The Hall–Kier alpha value is -5.03. The molecule has 9 nitrogen and oxygen atoms in total. The zero-order chi connectivity index (χ0) is 31.0. The number of nitrogens with one attached hydrogen (secondary N) is 2. The smallest absolute Gasteiger partial charge is 0.264 e. The van der Waals surface area contributed by atoms with Crippen LogP contribution in [-0.4, -0.2) is 39.6 Å². The molecule has 0 unspecified atom stereocenters. The fourth-order valence-electron chi connectivity index (χ4n) is 3.91. The standard InChI is InChI=1S/C32H31FN4O5S/c1-22-4-16-30(17-5-22)43(40,41)37(28-13-6-23(2)24(3)18-28)20-31(38)36-34-19-25-7-14-29(15-8-25)42-21-32(39)35-27-11-9-26(33)10-12-27/h4-19H,20-21H2,1-3H3,(H,35,39)(H,36,38)/b34-19-. The predicted molar refractivity (Wildman–Crippen MR) is 164 cm³/mol. The van der Waals surface area contributed by atoms with Gasteiger partial charge >= 0.3 is 0 Å². The fraction of sp³-hybridized carbons (Fsp3) is 0.156. The number of ether oxygens (including phenoxy) is 1. The Morgan fingerprint density at radius 2 is 1.53 bits per heavy atom. The first-order valence-electron chi connectivity index (χ1n) is 13.3. The Labute approximate surface area is 250 Å². The Balaban J connectivity index is 1.36. The molecule has 43 heavy (non-hydrogen) atoms. The molecular weight excluding hydrogens is 571 g/mol. The number of aryl methyl sites for hydroxylation is 3. The fourth-order valence-corrected chi connectivity index (χ4v) is 5.32. The highest BCUT2D eigenvalue weighted by atomic mass is 32.2. The van der Waals surface area contributed by atoms with Crippen molar-refractivity contribution >= 4 is 39.4 Å². The van der Waals surface area contributed by atoms with Crippen molar-refractivity contribution in [2.24, 2.45) is 5.10 Å². The molecule has 0 saturated carbocycles. The maximum Gasteiger partial charge on any atom is 0.264 e. The molecule has 0 aliphatic rings. The molecule has 4 aromatic rings. The largest absolute Gasteiger partial charge is 0.484 e. The molecule has 0 spiro atoms. The lowest BCUT2D eigenvalue weighted by atomic mass is 10.1. The van der Waals surface area contributed by atoms with E-state index in [0.717, 1.165) is 21.0 Å². The van der Waals surface area contributed by atoms with E-state index in [-0.39, 0.29) is 11.5 Å². The molecular formula is C32H31FN4O5S. The molecule has 2 amide bonds. The Kier molecular flexibility index (Phi) is 9.89. The topological polar surface area (TPSA) is 117 Å². The number of nitrogens with zero attached hydrogens (tertiary/aromatic N) is 2. The maximum atomic E-state index is 13.6. The van der Waals surface area contributed by atoms with Gasteiger partial charge in [0.1, 0.15) is 18.1 Å². The number of halogens is 1. The van der Waals surface area contributed by atoms with Gasteiger partial charge in [-0.25, -0.2) is 18.2 Å². The monoisotopic (exact) mass is 602 g/mol. The van der Waals surface area contributed by atoms with Crippen molar-refractivity contribution < 1.29 is 27.1 Å². The van der Waals surface area contributed by atoms with Gasteiger partial charge in [0.25, 0.3) is 21.8 Å². The summed E-state index contributed by atoms with van der Waals surface area (Å²) in [6, 6.07) is 23.6. The minimum Gasteiger partial charge on any atom is -0.484 e. The van der Waals surface area contributed by atoms with Crippen LogP contribution in [0.1, 0.15) is 22.3 Å². The second kappa shape index (κ2) is 13.8. The van der Waals surface area contributed by atoms with Crippen LogP contribution in [0.4, 0.5) is 15.8 Å². The molecule has 0 bridgehead atoms. The van der Waals surface area contributed by atoms with Gasteiger partial charge in [-0.3, -0.25) is 13.9 Å². The second-order valence-electron chi connectivity index (χ2n) is 9.80. The van der Waals surface area contributed by atoms with Gasteiger partial charge in [-0.1, -0.05) is 23.8 Å². The number of benzene rings is 4. The Morgan fingerprint density at radius 3 is 2.19 bits per heavy atom. The van der Waals surface area contributed by atoms with Gasteiger partial charge in [0.05, 0.1) is 16.8 Å². The van der Waals surface area contributed by atoms with Gasteiger partial charge in [-0.05, 0) is 110 Å². The van der Waals surface area contributed by atoms with Gasteiger partial charge < -0.3 is 10.1 Å².